The highest BCUT2D eigenvalue weighted by Crippen LogP contribution is 2.33. The number of ether oxygens (including phenoxy) is 1. The molecule has 1 nitrogen and oxygen atoms in total. The molecule has 170 valence electrons. The van der Waals surface area contributed by atoms with E-state index < -0.39 is 0 Å². The van der Waals surface area contributed by atoms with Gasteiger partial charge in [0, 0.05) is 18.1 Å². The van der Waals surface area contributed by atoms with Crippen LogP contribution in [-0.2, 0) is 4.74 Å². The molecule has 0 aromatic heterocycles. The van der Waals surface area contributed by atoms with E-state index in [1.807, 2.05) is 0 Å². The quantitative estimate of drug-likeness (QED) is 0.132. The van der Waals surface area contributed by atoms with Gasteiger partial charge in [-0.2, -0.15) is 0 Å². The molecule has 0 spiro atoms. The van der Waals surface area contributed by atoms with Crippen LogP contribution in [-0.4, -0.2) is 23.7 Å². The van der Waals surface area contributed by atoms with Gasteiger partial charge in [0.2, 0.25) is 0 Å². The second-order valence-electron chi connectivity index (χ2n) is 9.49. The number of unbranched alkanes of at least 4 members (excludes halogenated alkanes) is 6. The first-order valence-corrected chi connectivity index (χ1v) is 14.8. The zero-order valence-electron chi connectivity index (χ0n) is 20.2. The fourth-order valence-electron chi connectivity index (χ4n) is 3.91. The Morgan fingerprint density at radius 3 is 1.68 bits per heavy atom. The van der Waals surface area contributed by atoms with Crippen LogP contribution in [0.25, 0.3) is 0 Å². The minimum Gasteiger partial charge on any atom is -0.376 e. The molecule has 28 heavy (non-hydrogen) atoms. The Morgan fingerprint density at radius 2 is 1.14 bits per heavy atom. The van der Waals surface area contributed by atoms with Gasteiger partial charge in [0.1, 0.15) is 0 Å². The fraction of sp³-hybridized carbons (Fsp3) is 1.00. The van der Waals surface area contributed by atoms with Gasteiger partial charge >= 0.3 is 0 Å². The molecule has 0 aliphatic carbocycles. The average Bonchev–Trinajstić information content (AvgIpc) is 2.65. The summed E-state index contributed by atoms with van der Waals surface area (Å²) in [6.07, 6.45) is 18.8. The molecule has 0 saturated heterocycles. The topological polar surface area (TPSA) is 9.23 Å². The third-order valence-electron chi connectivity index (χ3n) is 6.02. The lowest BCUT2D eigenvalue weighted by Crippen LogP contribution is -2.24. The summed E-state index contributed by atoms with van der Waals surface area (Å²) in [5.74, 6) is 2.66. The largest absolute Gasteiger partial charge is 0.376 e. The second-order valence-corrected chi connectivity index (χ2v) is 12.2. The Balaban J connectivity index is 3.30. The van der Waals surface area contributed by atoms with Crippen molar-refractivity contribution in [1.82, 2.24) is 0 Å². The average molecular weight is 433 g/mol. The zero-order valence-corrected chi connectivity index (χ0v) is 21.9. The molecule has 3 heteroatoms. The summed E-state index contributed by atoms with van der Waals surface area (Å²) < 4.78 is 6.00. The van der Waals surface area contributed by atoms with Gasteiger partial charge in [0.25, 0.3) is 0 Å². The highest BCUT2D eigenvalue weighted by Gasteiger charge is 2.19. The van der Waals surface area contributed by atoms with E-state index in [-0.39, 0.29) is 5.60 Å². The molecule has 0 heterocycles. The number of rotatable bonds is 21. The van der Waals surface area contributed by atoms with Crippen LogP contribution in [0.1, 0.15) is 131 Å². The van der Waals surface area contributed by atoms with E-state index in [9.17, 15) is 0 Å². The van der Waals surface area contributed by atoms with Gasteiger partial charge in [0.15, 0.2) is 0 Å². The lowest BCUT2D eigenvalue weighted by atomic mass is 9.78. The van der Waals surface area contributed by atoms with Crippen LogP contribution in [0, 0.1) is 5.41 Å². The Kier molecular flexibility index (Phi) is 18.9. The summed E-state index contributed by atoms with van der Waals surface area (Å²) in [6, 6.07) is 0. The van der Waals surface area contributed by atoms with E-state index in [1.54, 1.807) is 0 Å². The summed E-state index contributed by atoms with van der Waals surface area (Å²) in [6.45, 7) is 14.8. The summed E-state index contributed by atoms with van der Waals surface area (Å²) >= 11 is 0. The van der Waals surface area contributed by atoms with Crippen LogP contribution < -0.4 is 0 Å². The summed E-state index contributed by atoms with van der Waals surface area (Å²) in [7, 11) is 4.19. The molecule has 1 unspecified atom stereocenters. The van der Waals surface area contributed by atoms with Gasteiger partial charge in [0.05, 0.1) is 5.60 Å². The molecule has 0 aliphatic rings. The molecule has 0 aliphatic heterocycles. The van der Waals surface area contributed by atoms with Crippen LogP contribution in [0.5, 0.6) is 0 Å². The minimum absolute atomic E-state index is 0.0758. The molecule has 1 atom stereocenters. The van der Waals surface area contributed by atoms with E-state index in [4.69, 9.17) is 4.74 Å². The second kappa shape index (κ2) is 18.4. The van der Waals surface area contributed by atoms with Crippen LogP contribution in [0.15, 0.2) is 0 Å². The first-order valence-electron chi connectivity index (χ1n) is 12.3. The SMILES string of the molecule is CCCC(C)(CC)CCCCCCSSCCCCCCOC(C)(C)CCC. The third kappa shape index (κ3) is 17.5. The first-order chi connectivity index (χ1) is 13.4. The predicted octanol–water partition coefficient (Wildman–Crippen LogP) is 9.69. The molecular formula is C25H52OS2. The molecule has 0 rings (SSSR count). The molecule has 0 bridgehead atoms. The van der Waals surface area contributed by atoms with E-state index >= 15 is 0 Å². The highest BCUT2D eigenvalue weighted by molar-refractivity contribution is 8.76. The summed E-state index contributed by atoms with van der Waals surface area (Å²) in [4.78, 5) is 0. The summed E-state index contributed by atoms with van der Waals surface area (Å²) in [5.41, 5.74) is 0.684. The molecule has 0 radical (unpaired) electrons. The molecule has 0 aromatic carbocycles. The zero-order chi connectivity index (χ0) is 21.1. The normalized spacial score (nSPS) is 14.4. The number of hydrogen-bond donors (Lipinski definition) is 0. The van der Waals surface area contributed by atoms with Gasteiger partial charge in [-0.25, -0.2) is 0 Å². The van der Waals surface area contributed by atoms with Gasteiger partial charge in [-0.1, -0.05) is 101 Å². The van der Waals surface area contributed by atoms with Crippen molar-refractivity contribution in [2.45, 2.75) is 137 Å². The van der Waals surface area contributed by atoms with Crippen LogP contribution in [0.4, 0.5) is 0 Å². The van der Waals surface area contributed by atoms with E-state index in [0.29, 0.717) is 5.41 Å². The van der Waals surface area contributed by atoms with Gasteiger partial charge in [-0.15, -0.1) is 0 Å². The Labute approximate surface area is 186 Å². The predicted molar refractivity (Wildman–Crippen MR) is 135 cm³/mol. The molecular weight excluding hydrogens is 380 g/mol. The van der Waals surface area contributed by atoms with Crippen LogP contribution >= 0.6 is 21.6 Å². The minimum atomic E-state index is 0.0758. The Hall–Kier alpha value is 0.660. The van der Waals surface area contributed by atoms with Crippen molar-refractivity contribution < 1.29 is 4.74 Å². The van der Waals surface area contributed by atoms with Crippen molar-refractivity contribution in [3.63, 3.8) is 0 Å². The van der Waals surface area contributed by atoms with Crippen LogP contribution in [0.2, 0.25) is 0 Å². The maximum Gasteiger partial charge on any atom is 0.0626 e. The van der Waals surface area contributed by atoms with E-state index in [0.717, 1.165) is 13.0 Å². The van der Waals surface area contributed by atoms with Crippen molar-refractivity contribution in [3.05, 3.63) is 0 Å². The lowest BCUT2D eigenvalue weighted by molar-refractivity contribution is -0.0254. The van der Waals surface area contributed by atoms with Crippen molar-refractivity contribution in [1.29, 1.82) is 0 Å². The van der Waals surface area contributed by atoms with E-state index in [1.165, 1.54) is 95.0 Å². The summed E-state index contributed by atoms with van der Waals surface area (Å²) in [5, 5.41) is 0. The van der Waals surface area contributed by atoms with Crippen molar-refractivity contribution in [2.24, 2.45) is 5.41 Å². The molecule has 0 aromatic rings. The van der Waals surface area contributed by atoms with Crippen molar-refractivity contribution >= 4 is 21.6 Å². The Bertz CT molecular complexity index is 333. The number of hydrogen-bond acceptors (Lipinski definition) is 3. The molecule has 0 fully saturated rings. The van der Waals surface area contributed by atoms with Crippen molar-refractivity contribution in [3.8, 4) is 0 Å². The van der Waals surface area contributed by atoms with Gasteiger partial charge in [-0.05, 0) is 57.8 Å². The standard InChI is InChI=1S/C25H52OS2/c1-7-18-24(4,5)26-21-15-11-13-17-23-28-27-22-16-12-10-14-20-25(6,9-3)19-8-2/h7-23H2,1-6H3. The smallest absolute Gasteiger partial charge is 0.0626 e. The van der Waals surface area contributed by atoms with Gasteiger partial charge < -0.3 is 4.74 Å². The van der Waals surface area contributed by atoms with Crippen LogP contribution in [0.3, 0.4) is 0 Å². The van der Waals surface area contributed by atoms with Crippen molar-refractivity contribution in [2.75, 3.05) is 18.1 Å². The molecule has 0 N–H and O–H groups in total. The first kappa shape index (κ1) is 28.7. The maximum atomic E-state index is 6.00. The molecule has 0 amide bonds. The third-order valence-corrected chi connectivity index (χ3v) is 8.59. The van der Waals surface area contributed by atoms with E-state index in [2.05, 4.69) is 63.1 Å². The van der Waals surface area contributed by atoms with Gasteiger partial charge in [-0.3, -0.25) is 0 Å². The molecule has 0 saturated carbocycles. The fourth-order valence-corrected chi connectivity index (χ4v) is 6.20. The monoisotopic (exact) mass is 432 g/mol. The lowest BCUT2D eigenvalue weighted by Gasteiger charge is -2.27. The Morgan fingerprint density at radius 1 is 0.607 bits per heavy atom. The maximum absolute atomic E-state index is 6.00. The highest BCUT2D eigenvalue weighted by atomic mass is 33.1.